The maximum atomic E-state index is 11.6. The Morgan fingerprint density at radius 3 is 2.56 bits per heavy atom. The van der Waals surface area contributed by atoms with E-state index in [1.54, 1.807) is 0 Å². The molecule has 0 aliphatic heterocycles. The Labute approximate surface area is 97.0 Å². The predicted octanol–water partition coefficient (Wildman–Crippen LogP) is 1.95. The van der Waals surface area contributed by atoms with Crippen LogP contribution in [0, 0.1) is 12.8 Å². The van der Waals surface area contributed by atoms with Gasteiger partial charge in [0.2, 0.25) is 5.91 Å². The van der Waals surface area contributed by atoms with E-state index in [9.17, 15) is 4.79 Å². The van der Waals surface area contributed by atoms with Crippen LogP contribution in [0.15, 0.2) is 6.20 Å². The number of hydrogen-bond donors (Lipinski definition) is 1. The summed E-state index contributed by atoms with van der Waals surface area (Å²) in [5.41, 5.74) is 2.18. The summed E-state index contributed by atoms with van der Waals surface area (Å²) in [5, 5.41) is 7.16. The van der Waals surface area contributed by atoms with Crippen LogP contribution in [-0.4, -0.2) is 15.7 Å². The Hall–Kier alpha value is -1.32. The lowest BCUT2D eigenvalue weighted by molar-refractivity contribution is -0.122. The number of hydrogen-bond acceptors (Lipinski definition) is 2. The van der Waals surface area contributed by atoms with Gasteiger partial charge < -0.3 is 5.32 Å². The molecular weight excluding hydrogens is 202 g/mol. The minimum atomic E-state index is 0.0277. The van der Waals surface area contributed by atoms with Crippen molar-refractivity contribution in [1.82, 2.24) is 15.1 Å². The normalized spacial score (nSPS) is 12.9. The summed E-state index contributed by atoms with van der Waals surface area (Å²) >= 11 is 0. The number of carbonyl (C=O) groups excluding carboxylic acids is 1. The van der Waals surface area contributed by atoms with Crippen molar-refractivity contribution >= 4 is 5.91 Å². The third kappa shape index (κ3) is 3.08. The van der Waals surface area contributed by atoms with Crippen molar-refractivity contribution in [1.29, 1.82) is 0 Å². The first kappa shape index (κ1) is 12.7. The third-order valence-electron chi connectivity index (χ3n) is 2.71. The van der Waals surface area contributed by atoms with Gasteiger partial charge in [-0.1, -0.05) is 13.8 Å². The first-order valence-electron chi connectivity index (χ1n) is 5.69. The van der Waals surface area contributed by atoms with Gasteiger partial charge in [0.1, 0.15) is 0 Å². The quantitative estimate of drug-likeness (QED) is 0.848. The van der Waals surface area contributed by atoms with Gasteiger partial charge in [-0.3, -0.25) is 9.48 Å². The highest BCUT2D eigenvalue weighted by atomic mass is 16.1. The summed E-state index contributed by atoms with van der Waals surface area (Å²) in [6.07, 6.45) is 2.39. The van der Waals surface area contributed by atoms with E-state index >= 15 is 0 Å². The molecule has 1 atom stereocenters. The van der Waals surface area contributed by atoms with E-state index in [1.165, 1.54) is 0 Å². The molecule has 1 unspecified atom stereocenters. The van der Waals surface area contributed by atoms with Crippen LogP contribution in [0.4, 0.5) is 0 Å². The molecule has 90 valence electrons. The summed E-state index contributed by atoms with van der Waals surface area (Å²) in [5.74, 6) is 0.493. The van der Waals surface area contributed by atoms with Crippen molar-refractivity contribution in [3.8, 4) is 0 Å². The van der Waals surface area contributed by atoms with Crippen LogP contribution < -0.4 is 5.32 Å². The maximum Gasteiger partial charge on any atom is 0.220 e. The number of amides is 1. The molecule has 0 radical (unpaired) electrons. The smallest absolute Gasteiger partial charge is 0.220 e. The maximum absolute atomic E-state index is 11.6. The van der Waals surface area contributed by atoms with E-state index < -0.39 is 0 Å². The first-order valence-corrected chi connectivity index (χ1v) is 5.69. The molecule has 1 N–H and O–H groups in total. The van der Waals surface area contributed by atoms with Gasteiger partial charge in [0, 0.05) is 24.7 Å². The second kappa shape index (κ2) is 5.14. The topological polar surface area (TPSA) is 46.9 Å². The van der Waals surface area contributed by atoms with Crippen LogP contribution in [-0.2, 0) is 11.8 Å². The Morgan fingerprint density at radius 2 is 2.12 bits per heavy atom. The van der Waals surface area contributed by atoms with Crippen LogP contribution in [0.2, 0.25) is 0 Å². The fourth-order valence-electron chi connectivity index (χ4n) is 1.69. The van der Waals surface area contributed by atoms with Crippen LogP contribution in [0.25, 0.3) is 0 Å². The molecule has 4 heteroatoms. The zero-order valence-electron chi connectivity index (χ0n) is 10.7. The van der Waals surface area contributed by atoms with E-state index in [0.29, 0.717) is 12.3 Å². The largest absolute Gasteiger partial charge is 0.349 e. The fourth-order valence-corrected chi connectivity index (χ4v) is 1.69. The number of rotatable bonds is 4. The Bertz CT molecular complexity index is 368. The minimum Gasteiger partial charge on any atom is -0.349 e. The molecule has 16 heavy (non-hydrogen) atoms. The average Bonchev–Trinajstić information content (AvgIpc) is 2.45. The lowest BCUT2D eigenvalue weighted by Gasteiger charge is -2.14. The van der Waals surface area contributed by atoms with Crippen LogP contribution >= 0.6 is 0 Å². The molecule has 0 aliphatic rings. The molecule has 0 spiro atoms. The molecule has 0 aliphatic carbocycles. The predicted molar refractivity (Wildman–Crippen MR) is 64.0 cm³/mol. The molecule has 0 saturated carbocycles. The number of nitrogens with zero attached hydrogens (tertiary/aromatic N) is 2. The van der Waals surface area contributed by atoms with Gasteiger partial charge in [-0.05, 0) is 19.8 Å². The Balaban J connectivity index is 2.62. The summed E-state index contributed by atoms with van der Waals surface area (Å²) < 4.78 is 1.82. The molecule has 0 saturated heterocycles. The van der Waals surface area contributed by atoms with Crippen LogP contribution in [0.3, 0.4) is 0 Å². The number of carbonyl (C=O) groups is 1. The number of nitrogens with one attached hydrogen (secondary N) is 1. The molecule has 1 aromatic rings. The summed E-state index contributed by atoms with van der Waals surface area (Å²) in [4.78, 5) is 11.6. The van der Waals surface area contributed by atoms with Gasteiger partial charge >= 0.3 is 0 Å². The summed E-state index contributed by atoms with van der Waals surface area (Å²) in [6.45, 7) is 8.08. The van der Waals surface area contributed by atoms with Crippen LogP contribution in [0.5, 0.6) is 0 Å². The zero-order chi connectivity index (χ0) is 12.3. The lowest BCUT2D eigenvalue weighted by Crippen LogP contribution is -2.27. The van der Waals surface area contributed by atoms with E-state index in [4.69, 9.17) is 0 Å². The van der Waals surface area contributed by atoms with Crippen molar-refractivity contribution in [3.05, 3.63) is 17.5 Å². The molecule has 0 fully saturated rings. The average molecular weight is 223 g/mol. The standard InChI is InChI=1S/C12H21N3O/c1-8(2)6-12(16)14-9(3)11-7-13-15(5)10(11)4/h7-9H,6H2,1-5H3,(H,14,16). The van der Waals surface area contributed by atoms with Gasteiger partial charge in [0.15, 0.2) is 0 Å². The van der Waals surface area contributed by atoms with Gasteiger partial charge in [0.05, 0.1) is 12.2 Å². The van der Waals surface area contributed by atoms with Gasteiger partial charge in [-0.25, -0.2) is 0 Å². The van der Waals surface area contributed by atoms with E-state index in [2.05, 4.69) is 10.4 Å². The zero-order valence-corrected chi connectivity index (χ0v) is 10.7. The van der Waals surface area contributed by atoms with Crippen molar-refractivity contribution in [3.63, 3.8) is 0 Å². The summed E-state index contributed by atoms with van der Waals surface area (Å²) in [6, 6.07) is 0.0277. The molecule has 1 aromatic heterocycles. The highest BCUT2D eigenvalue weighted by Crippen LogP contribution is 2.16. The highest BCUT2D eigenvalue weighted by molar-refractivity contribution is 5.76. The minimum absolute atomic E-state index is 0.0277. The molecule has 1 rings (SSSR count). The van der Waals surface area contributed by atoms with E-state index in [-0.39, 0.29) is 11.9 Å². The molecule has 0 aromatic carbocycles. The molecule has 1 amide bonds. The second-order valence-corrected chi connectivity index (χ2v) is 4.70. The van der Waals surface area contributed by atoms with Crippen molar-refractivity contribution in [2.45, 2.75) is 40.2 Å². The number of aromatic nitrogens is 2. The van der Waals surface area contributed by atoms with E-state index in [1.807, 2.05) is 45.6 Å². The SMILES string of the molecule is Cc1c(C(C)NC(=O)CC(C)C)cnn1C. The van der Waals surface area contributed by atoms with Gasteiger partial charge in [-0.2, -0.15) is 5.10 Å². The monoisotopic (exact) mass is 223 g/mol. The third-order valence-corrected chi connectivity index (χ3v) is 2.71. The van der Waals surface area contributed by atoms with Crippen molar-refractivity contribution in [2.75, 3.05) is 0 Å². The molecule has 4 nitrogen and oxygen atoms in total. The Morgan fingerprint density at radius 1 is 1.50 bits per heavy atom. The second-order valence-electron chi connectivity index (χ2n) is 4.70. The molecule has 0 bridgehead atoms. The first-order chi connectivity index (χ1) is 7.41. The van der Waals surface area contributed by atoms with Gasteiger partial charge in [-0.15, -0.1) is 0 Å². The lowest BCUT2D eigenvalue weighted by atomic mass is 10.1. The molecule has 1 heterocycles. The molecular formula is C12H21N3O. The summed E-state index contributed by atoms with van der Waals surface area (Å²) in [7, 11) is 1.90. The highest BCUT2D eigenvalue weighted by Gasteiger charge is 2.14. The number of aryl methyl sites for hydroxylation is 1. The van der Waals surface area contributed by atoms with Crippen molar-refractivity contribution < 1.29 is 4.79 Å². The van der Waals surface area contributed by atoms with Gasteiger partial charge in [0.25, 0.3) is 0 Å². The van der Waals surface area contributed by atoms with E-state index in [0.717, 1.165) is 11.3 Å². The Kier molecular flexibility index (Phi) is 4.10. The fraction of sp³-hybridized carbons (Fsp3) is 0.667. The van der Waals surface area contributed by atoms with Crippen molar-refractivity contribution in [2.24, 2.45) is 13.0 Å². The van der Waals surface area contributed by atoms with Crippen LogP contribution in [0.1, 0.15) is 44.5 Å².